The Labute approximate surface area is 185 Å². The van der Waals surface area contributed by atoms with Gasteiger partial charge in [0.15, 0.2) is 0 Å². The molecule has 6 heteroatoms. The molecule has 2 amide bonds. The molecule has 31 heavy (non-hydrogen) atoms. The number of para-hydroxylation sites is 1. The average Bonchev–Trinajstić information content (AvgIpc) is 3.43. The summed E-state index contributed by atoms with van der Waals surface area (Å²) < 4.78 is 0. The lowest BCUT2D eigenvalue weighted by atomic mass is 9.79. The van der Waals surface area contributed by atoms with E-state index in [4.69, 9.17) is 0 Å². The maximum absolute atomic E-state index is 13.3. The van der Waals surface area contributed by atoms with Gasteiger partial charge in [-0.1, -0.05) is 45.4 Å². The molecule has 0 radical (unpaired) electrons. The maximum Gasteiger partial charge on any atom is 0.243 e. The van der Waals surface area contributed by atoms with E-state index in [0.717, 1.165) is 37.9 Å². The normalized spacial score (nSPS) is 23.3. The third-order valence-corrected chi connectivity index (χ3v) is 7.27. The third kappa shape index (κ3) is 4.64. The van der Waals surface area contributed by atoms with E-state index in [2.05, 4.69) is 52.6 Å². The van der Waals surface area contributed by atoms with Gasteiger partial charge >= 0.3 is 0 Å². The molecule has 168 valence electrons. The average molecular weight is 425 g/mol. The molecule has 0 spiro atoms. The van der Waals surface area contributed by atoms with Crippen LogP contribution in [0.1, 0.15) is 63.6 Å². The molecule has 4 rings (SSSR count). The van der Waals surface area contributed by atoms with Crippen LogP contribution in [-0.4, -0.2) is 47.5 Å². The lowest BCUT2D eigenvalue weighted by Crippen LogP contribution is -2.53. The summed E-state index contributed by atoms with van der Waals surface area (Å²) in [5, 5.41) is 7.40. The highest BCUT2D eigenvalue weighted by Gasteiger charge is 2.34. The zero-order valence-corrected chi connectivity index (χ0v) is 19.0. The molecule has 3 unspecified atom stereocenters. The second kappa shape index (κ2) is 9.43. The Bertz CT molecular complexity index is 931. The van der Waals surface area contributed by atoms with Crippen LogP contribution in [0.15, 0.2) is 24.3 Å². The highest BCUT2D eigenvalue weighted by Crippen LogP contribution is 2.38. The Balaban J connectivity index is 1.45. The first-order chi connectivity index (χ1) is 15.0. The molecule has 2 aromatic rings. The smallest absolute Gasteiger partial charge is 0.243 e. The van der Waals surface area contributed by atoms with Crippen molar-refractivity contribution in [3.05, 3.63) is 35.5 Å². The Morgan fingerprint density at radius 1 is 1.23 bits per heavy atom. The highest BCUT2D eigenvalue weighted by atomic mass is 16.2. The number of aromatic amines is 1. The minimum absolute atomic E-state index is 0.00408. The Morgan fingerprint density at radius 3 is 2.71 bits per heavy atom. The van der Waals surface area contributed by atoms with Crippen LogP contribution in [0.3, 0.4) is 0 Å². The predicted molar refractivity (Wildman–Crippen MR) is 124 cm³/mol. The van der Waals surface area contributed by atoms with Gasteiger partial charge in [-0.3, -0.25) is 14.5 Å². The van der Waals surface area contributed by atoms with Crippen molar-refractivity contribution in [2.24, 2.45) is 11.8 Å². The monoisotopic (exact) mass is 424 g/mol. The van der Waals surface area contributed by atoms with Crippen LogP contribution in [0.5, 0.6) is 0 Å². The Kier molecular flexibility index (Phi) is 6.65. The first-order valence-corrected chi connectivity index (χ1v) is 11.9. The van der Waals surface area contributed by atoms with Crippen molar-refractivity contribution in [3.63, 3.8) is 0 Å². The van der Waals surface area contributed by atoms with Gasteiger partial charge in [0.25, 0.3) is 0 Å². The molecule has 2 heterocycles. The number of carbonyl (C=O) groups is 2. The number of benzene rings is 1. The summed E-state index contributed by atoms with van der Waals surface area (Å²) in [6.07, 6.45) is 4.75. The van der Waals surface area contributed by atoms with Gasteiger partial charge in [0.1, 0.15) is 6.04 Å². The summed E-state index contributed by atoms with van der Waals surface area (Å²) in [6, 6.07) is 7.83. The number of H-pyrrole nitrogens is 1. The van der Waals surface area contributed by atoms with Gasteiger partial charge in [-0.2, -0.15) is 0 Å². The molecule has 1 aromatic heterocycles. The number of likely N-dealkylation sites (tertiary alicyclic amines) is 1. The van der Waals surface area contributed by atoms with Gasteiger partial charge in [-0.25, -0.2) is 0 Å². The number of hydrogen-bond donors (Lipinski definition) is 3. The third-order valence-electron chi connectivity index (χ3n) is 7.27. The molecule has 6 nitrogen and oxygen atoms in total. The number of hydrogen-bond acceptors (Lipinski definition) is 3. The molecule has 0 saturated carbocycles. The second-order valence-corrected chi connectivity index (χ2v) is 9.50. The van der Waals surface area contributed by atoms with Gasteiger partial charge in [-0.15, -0.1) is 0 Å². The molecule has 2 aliphatic rings. The molecular weight excluding hydrogens is 388 g/mol. The van der Waals surface area contributed by atoms with Crippen molar-refractivity contribution >= 4 is 22.7 Å². The lowest BCUT2D eigenvalue weighted by Gasteiger charge is -2.30. The molecule has 1 aliphatic heterocycles. The Hall–Kier alpha value is -2.34. The summed E-state index contributed by atoms with van der Waals surface area (Å²) >= 11 is 0. The molecule has 1 aliphatic carbocycles. The highest BCUT2D eigenvalue weighted by molar-refractivity contribution is 5.90. The van der Waals surface area contributed by atoms with E-state index < -0.39 is 6.04 Å². The zero-order valence-electron chi connectivity index (χ0n) is 19.0. The van der Waals surface area contributed by atoms with Crippen LogP contribution in [-0.2, 0) is 16.0 Å². The van der Waals surface area contributed by atoms with E-state index in [0.29, 0.717) is 6.67 Å². The van der Waals surface area contributed by atoms with Crippen LogP contribution < -0.4 is 10.6 Å². The van der Waals surface area contributed by atoms with Gasteiger partial charge in [-0.05, 0) is 62.2 Å². The van der Waals surface area contributed by atoms with Crippen molar-refractivity contribution in [2.45, 2.75) is 64.8 Å². The van der Waals surface area contributed by atoms with E-state index in [9.17, 15) is 9.59 Å². The van der Waals surface area contributed by atoms with Crippen LogP contribution in [0.4, 0.5) is 0 Å². The minimum atomic E-state index is -0.486. The van der Waals surface area contributed by atoms with E-state index in [1.165, 1.54) is 29.5 Å². The van der Waals surface area contributed by atoms with Gasteiger partial charge < -0.3 is 15.6 Å². The van der Waals surface area contributed by atoms with Crippen molar-refractivity contribution in [1.82, 2.24) is 20.5 Å². The first-order valence-electron chi connectivity index (χ1n) is 11.9. The van der Waals surface area contributed by atoms with Crippen LogP contribution in [0.2, 0.25) is 0 Å². The number of rotatable bonds is 7. The van der Waals surface area contributed by atoms with E-state index in [1.54, 1.807) is 0 Å². The topological polar surface area (TPSA) is 77.2 Å². The molecule has 0 bridgehead atoms. The standard InChI is InChI=1S/C25H36N4O2/c1-4-16(2)23(25(31)26-15-29-11-7-8-12-29)28-24(30)18-13-17(3)22-20(14-18)19-9-5-6-10-21(19)27-22/h5-6,9-10,16-18,23,27H,4,7-8,11-15H2,1-3H3,(H,26,31)(H,28,30)/t16?,17?,18?,23-/m0/s1. The van der Waals surface area contributed by atoms with Crippen molar-refractivity contribution < 1.29 is 9.59 Å². The van der Waals surface area contributed by atoms with Gasteiger partial charge in [0.05, 0.1) is 6.67 Å². The SMILES string of the molecule is CCC(C)[C@H](NC(=O)C1Cc2c([nH]c3ccccc23)C(C)C1)C(=O)NCN1CCCC1. The zero-order chi connectivity index (χ0) is 22.0. The molecular formula is C25H36N4O2. The number of nitrogens with one attached hydrogen (secondary N) is 3. The second-order valence-electron chi connectivity index (χ2n) is 9.50. The number of aromatic nitrogens is 1. The van der Waals surface area contributed by atoms with Crippen LogP contribution in [0, 0.1) is 11.8 Å². The lowest BCUT2D eigenvalue weighted by molar-refractivity contribution is -0.132. The summed E-state index contributed by atoms with van der Waals surface area (Å²) in [4.78, 5) is 32.1. The molecule has 3 N–H and O–H groups in total. The van der Waals surface area contributed by atoms with E-state index in [1.807, 2.05) is 13.0 Å². The van der Waals surface area contributed by atoms with Crippen molar-refractivity contribution in [1.29, 1.82) is 0 Å². The number of nitrogens with zero attached hydrogens (tertiary/aromatic N) is 1. The van der Waals surface area contributed by atoms with Crippen molar-refractivity contribution in [3.8, 4) is 0 Å². The van der Waals surface area contributed by atoms with Gasteiger partial charge in [0, 0.05) is 22.5 Å². The largest absolute Gasteiger partial charge is 0.358 e. The fourth-order valence-electron chi connectivity index (χ4n) is 5.15. The quantitative estimate of drug-likeness (QED) is 0.636. The molecule has 1 saturated heterocycles. The van der Waals surface area contributed by atoms with E-state index in [-0.39, 0.29) is 29.6 Å². The van der Waals surface area contributed by atoms with E-state index >= 15 is 0 Å². The first kappa shape index (κ1) is 21.9. The van der Waals surface area contributed by atoms with Crippen LogP contribution in [0.25, 0.3) is 10.9 Å². The summed E-state index contributed by atoms with van der Waals surface area (Å²) in [5.74, 6) is 0.209. The maximum atomic E-state index is 13.3. The Morgan fingerprint density at radius 2 is 1.97 bits per heavy atom. The fourth-order valence-corrected chi connectivity index (χ4v) is 5.15. The number of fused-ring (bicyclic) bond motifs is 3. The summed E-state index contributed by atoms with van der Waals surface area (Å²) in [5.41, 5.74) is 3.65. The van der Waals surface area contributed by atoms with Crippen LogP contribution >= 0.6 is 0 Å². The van der Waals surface area contributed by atoms with Gasteiger partial charge in [0.2, 0.25) is 11.8 Å². The van der Waals surface area contributed by atoms with Crippen molar-refractivity contribution in [2.75, 3.05) is 19.8 Å². The minimum Gasteiger partial charge on any atom is -0.358 e. The molecule has 1 aromatic carbocycles. The summed E-state index contributed by atoms with van der Waals surface area (Å²) in [7, 11) is 0. The fraction of sp³-hybridized carbons (Fsp3) is 0.600. The number of amides is 2. The number of carbonyl (C=O) groups excluding carboxylic acids is 2. The molecule has 4 atom stereocenters. The predicted octanol–water partition coefficient (Wildman–Crippen LogP) is 3.53. The summed E-state index contributed by atoms with van der Waals surface area (Å²) in [6.45, 7) is 8.94. The molecule has 1 fully saturated rings.